The van der Waals surface area contributed by atoms with Crippen LogP contribution in [0.4, 0.5) is 0 Å². The van der Waals surface area contributed by atoms with E-state index in [-0.39, 0.29) is 24.0 Å². The van der Waals surface area contributed by atoms with Gasteiger partial charge in [0, 0.05) is 26.2 Å². The maximum Gasteiger partial charge on any atom is 0.191 e. The third-order valence-corrected chi connectivity index (χ3v) is 4.93. The van der Waals surface area contributed by atoms with Gasteiger partial charge in [0.05, 0.1) is 14.2 Å². The highest BCUT2D eigenvalue weighted by Crippen LogP contribution is 2.27. The van der Waals surface area contributed by atoms with Crippen molar-refractivity contribution < 1.29 is 9.47 Å². The van der Waals surface area contributed by atoms with Gasteiger partial charge in [0.25, 0.3) is 0 Å². The highest BCUT2D eigenvalue weighted by molar-refractivity contribution is 14.0. The summed E-state index contributed by atoms with van der Waals surface area (Å²) in [4.78, 5) is 6.60. The molecule has 0 aliphatic rings. The first-order valence-electron chi connectivity index (χ1n) is 9.93. The fourth-order valence-corrected chi connectivity index (χ4v) is 3.12. The number of rotatable bonds is 10. The van der Waals surface area contributed by atoms with Gasteiger partial charge in [-0.25, -0.2) is 0 Å². The van der Waals surface area contributed by atoms with E-state index in [9.17, 15) is 0 Å². The molecule has 0 spiro atoms. The van der Waals surface area contributed by atoms with Gasteiger partial charge in [-0.2, -0.15) is 0 Å². The molecule has 6 nitrogen and oxygen atoms in total. The lowest BCUT2D eigenvalue weighted by Crippen LogP contribution is -2.46. The summed E-state index contributed by atoms with van der Waals surface area (Å²) >= 11 is 0. The summed E-state index contributed by atoms with van der Waals surface area (Å²) in [5.41, 5.74) is 2.52. The molecule has 2 N–H and O–H groups in total. The number of hydrogen-bond donors (Lipinski definition) is 2. The van der Waals surface area contributed by atoms with Crippen LogP contribution in [0, 0.1) is 0 Å². The normalized spacial score (nSPS) is 12.1. The van der Waals surface area contributed by atoms with Crippen molar-refractivity contribution in [2.45, 2.75) is 18.9 Å². The fourth-order valence-electron chi connectivity index (χ4n) is 3.12. The molecule has 7 heteroatoms. The minimum atomic E-state index is 0. The average Bonchev–Trinajstić information content (AvgIpc) is 2.75. The van der Waals surface area contributed by atoms with Crippen LogP contribution in [0.25, 0.3) is 0 Å². The largest absolute Gasteiger partial charge is 0.493 e. The minimum Gasteiger partial charge on any atom is -0.493 e. The Morgan fingerprint density at radius 2 is 1.67 bits per heavy atom. The van der Waals surface area contributed by atoms with Crippen molar-refractivity contribution in [3.05, 3.63) is 59.7 Å². The van der Waals surface area contributed by atoms with Crippen LogP contribution < -0.4 is 20.1 Å². The maximum atomic E-state index is 5.38. The number of hydrogen-bond acceptors (Lipinski definition) is 4. The Hall–Kier alpha value is -2.00. The summed E-state index contributed by atoms with van der Waals surface area (Å²) in [5, 5.41) is 6.84. The predicted molar refractivity (Wildman–Crippen MR) is 136 cm³/mol. The number of halogens is 1. The van der Waals surface area contributed by atoms with E-state index in [0.29, 0.717) is 6.04 Å². The summed E-state index contributed by atoms with van der Waals surface area (Å²) in [6.45, 7) is 1.60. The molecule has 0 aliphatic heterocycles. The standard InChI is InChI=1S/C23H34N4O2.HI/c1-24-23(25-14-13-19-11-12-21(28-4)22(16-19)29-5)26-17-20(27(2)3)15-18-9-7-6-8-10-18;/h6-12,16,20H,13-15,17H2,1-5H3,(H2,24,25,26);1H. The van der Waals surface area contributed by atoms with Gasteiger partial charge in [0.1, 0.15) is 0 Å². The van der Waals surface area contributed by atoms with Crippen molar-refractivity contribution in [1.82, 2.24) is 15.5 Å². The highest BCUT2D eigenvalue weighted by atomic mass is 127. The molecule has 2 rings (SSSR count). The van der Waals surface area contributed by atoms with E-state index >= 15 is 0 Å². The van der Waals surface area contributed by atoms with Crippen molar-refractivity contribution in [2.24, 2.45) is 4.99 Å². The summed E-state index contributed by atoms with van der Waals surface area (Å²) in [6.07, 6.45) is 1.85. The molecule has 0 heterocycles. The number of likely N-dealkylation sites (N-methyl/N-ethyl adjacent to an activating group) is 1. The van der Waals surface area contributed by atoms with Crippen molar-refractivity contribution in [3.8, 4) is 11.5 Å². The van der Waals surface area contributed by atoms with Gasteiger partial charge in [-0.1, -0.05) is 36.4 Å². The Labute approximate surface area is 198 Å². The van der Waals surface area contributed by atoms with Crippen LogP contribution in [0.5, 0.6) is 11.5 Å². The van der Waals surface area contributed by atoms with Crippen molar-refractivity contribution in [2.75, 3.05) is 48.5 Å². The second-order valence-corrected chi connectivity index (χ2v) is 7.13. The molecular formula is C23H35IN4O2. The third kappa shape index (κ3) is 8.39. The highest BCUT2D eigenvalue weighted by Gasteiger charge is 2.13. The van der Waals surface area contributed by atoms with Crippen LogP contribution in [-0.2, 0) is 12.8 Å². The molecule has 30 heavy (non-hydrogen) atoms. The number of benzene rings is 2. The van der Waals surface area contributed by atoms with Gasteiger partial charge >= 0.3 is 0 Å². The Morgan fingerprint density at radius 1 is 0.967 bits per heavy atom. The van der Waals surface area contributed by atoms with Crippen LogP contribution in [0.2, 0.25) is 0 Å². The lowest BCUT2D eigenvalue weighted by atomic mass is 10.1. The first-order valence-corrected chi connectivity index (χ1v) is 9.93. The van der Waals surface area contributed by atoms with E-state index in [1.807, 2.05) is 12.1 Å². The molecule has 0 radical (unpaired) electrons. The molecule has 0 amide bonds. The molecule has 1 unspecified atom stereocenters. The van der Waals surface area contributed by atoms with Gasteiger partial charge < -0.3 is 25.0 Å². The Kier molecular flexibility index (Phi) is 12.2. The molecule has 0 fully saturated rings. The predicted octanol–water partition coefficient (Wildman–Crippen LogP) is 3.20. The molecule has 2 aromatic carbocycles. The Bertz CT molecular complexity index is 769. The lowest BCUT2D eigenvalue weighted by molar-refractivity contribution is 0.290. The molecule has 0 aromatic heterocycles. The van der Waals surface area contributed by atoms with E-state index in [1.54, 1.807) is 21.3 Å². The Morgan fingerprint density at radius 3 is 2.27 bits per heavy atom. The number of methoxy groups -OCH3 is 2. The van der Waals surface area contributed by atoms with E-state index in [1.165, 1.54) is 11.1 Å². The minimum absolute atomic E-state index is 0. The van der Waals surface area contributed by atoms with Crippen molar-refractivity contribution >= 4 is 29.9 Å². The molecule has 0 bridgehead atoms. The van der Waals surface area contributed by atoms with Gasteiger partial charge in [-0.3, -0.25) is 4.99 Å². The number of guanidine groups is 1. The summed E-state index contributed by atoms with van der Waals surface area (Å²) in [6, 6.07) is 17.0. The third-order valence-electron chi connectivity index (χ3n) is 4.93. The second kappa shape index (κ2) is 14.1. The zero-order chi connectivity index (χ0) is 21.1. The lowest BCUT2D eigenvalue weighted by Gasteiger charge is -2.25. The van der Waals surface area contributed by atoms with E-state index in [0.717, 1.165) is 43.4 Å². The SMILES string of the molecule is CN=C(NCCc1ccc(OC)c(OC)c1)NCC(Cc1ccccc1)N(C)C.I. The summed E-state index contributed by atoms with van der Waals surface area (Å²) in [5.74, 6) is 2.31. The van der Waals surface area contributed by atoms with Gasteiger partial charge in [-0.05, 0) is 50.2 Å². The van der Waals surface area contributed by atoms with Gasteiger partial charge in [0.2, 0.25) is 0 Å². The topological polar surface area (TPSA) is 58.1 Å². The first kappa shape index (κ1) is 26.0. The smallest absolute Gasteiger partial charge is 0.191 e. The van der Waals surface area contributed by atoms with Crippen LogP contribution in [0.1, 0.15) is 11.1 Å². The second-order valence-electron chi connectivity index (χ2n) is 7.13. The number of nitrogens with zero attached hydrogens (tertiary/aromatic N) is 2. The number of aliphatic imine (C=N–C) groups is 1. The number of nitrogens with one attached hydrogen (secondary N) is 2. The molecule has 1 atom stereocenters. The fraction of sp³-hybridized carbons (Fsp3) is 0.435. The first-order chi connectivity index (χ1) is 14.1. The van der Waals surface area contributed by atoms with Gasteiger partial charge in [-0.15, -0.1) is 24.0 Å². The quantitative estimate of drug-likeness (QED) is 0.283. The zero-order valence-corrected chi connectivity index (χ0v) is 21.0. The summed E-state index contributed by atoms with van der Waals surface area (Å²) < 4.78 is 10.7. The van der Waals surface area contributed by atoms with E-state index in [2.05, 4.69) is 71.0 Å². The Balaban J connectivity index is 0.00000450. The zero-order valence-electron chi connectivity index (χ0n) is 18.6. The van der Waals surface area contributed by atoms with Crippen LogP contribution in [-0.4, -0.2) is 65.4 Å². The molecule has 0 aliphatic carbocycles. The monoisotopic (exact) mass is 526 g/mol. The number of ether oxygens (including phenoxy) is 2. The van der Waals surface area contributed by atoms with Crippen LogP contribution >= 0.6 is 24.0 Å². The van der Waals surface area contributed by atoms with E-state index < -0.39 is 0 Å². The molecule has 0 saturated heterocycles. The van der Waals surface area contributed by atoms with Crippen molar-refractivity contribution in [3.63, 3.8) is 0 Å². The molecular weight excluding hydrogens is 491 g/mol. The molecule has 166 valence electrons. The van der Waals surface area contributed by atoms with Gasteiger partial charge in [0.15, 0.2) is 17.5 Å². The maximum absolute atomic E-state index is 5.38. The molecule has 0 saturated carbocycles. The van der Waals surface area contributed by atoms with E-state index in [4.69, 9.17) is 9.47 Å². The van der Waals surface area contributed by atoms with Crippen LogP contribution in [0.15, 0.2) is 53.5 Å². The molecule has 2 aromatic rings. The summed E-state index contributed by atoms with van der Waals surface area (Å²) in [7, 11) is 9.33. The van der Waals surface area contributed by atoms with Crippen LogP contribution in [0.3, 0.4) is 0 Å². The average molecular weight is 526 g/mol. The van der Waals surface area contributed by atoms with Crippen molar-refractivity contribution in [1.29, 1.82) is 0 Å².